The molecule has 4 N–H and O–H groups in total. The van der Waals surface area contributed by atoms with Crippen LogP contribution in [0, 0.1) is 5.92 Å². The Kier molecular flexibility index (Phi) is 13.8. The first-order valence-corrected chi connectivity index (χ1v) is 17.6. The van der Waals surface area contributed by atoms with Crippen molar-refractivity contribution in [3.05, 3.63) is 0 Å². The smallest absolute Gasteiger partial charge is 0.264 e. The van der Waals surface area contributed by atoms with Crippen molar-refractivity contribution < 1.29 is 57.9 Å². The summed E-state index contributed by atoms with van der Waals surface area (Å²) in [5.41, 5.74) is 0. The fraction of sp³-hybridized carbons (Fsp3) is 1.00. The molecule has 1 saturated heterocycles. The van der Waals surface area contributed by atoms with Gasteiger partial charge in [0.05, 0.1) is 29.5 Å². The summed E-state index contributed by atoms with van der Waals surface area (Å²) in [6, 6.07) is 0. The summed E-state index contributed by atoms with van der Waals surface area (Å²) in [7, 11) is -12.5. The number of epoxide rings is 1. The highest BCUT2D eigenvalue weighted by molar-refractivity contribution is 7.86. The standard InChI is InChI=1S/C21H41NO13S3/c1-2-3-7-22-21-19(35-21)16-14-17(32-8-4-11-36(23,24)25)20(34-10-6-13-38(29,30)31)18(15-16)33-9-5-12-37(26,27)28/h16-22H,2-15H2,1H3,(H,23,24,25)(H,26,27,28)(H,29,30,31). The van der Waals surface area contributed by atoms with E-state index in [1.54, 1.807) is 0 Å². The van der Waals surface area contributed by atoms with Crippen LogP contribution in [0.5, 0.6) is 0 Å². The van der Waals surface area contributed by atoms with E-state index in [-0.39, 0.29) is 57.3 Å². The van der Waals surface area contributed by atoms with Gasteiger partial charge in [-0.2, -0.15) is 25.3 Å². The van der Waals surface area contributed by atoms with Gasteiger partial charge in [-0.3, -0.25) is 19.0 Å². The van der Waals surface area contributed by atoms with Crippen molar-refractivity contribution in [2.24, 2.45) is 5.92 Å². The van der Waals surface area contributed by atoms with E-state index in [1.807, 2.05) is 0 Å². The van der Waals surface area contributed by atoms with Crippen LogP contribution in [-0.2, 0) is 49.3 Å². The first kappa shape index (κ1) is 33.7. The summed E-state index contributed by atoms with van der Waals surface area (Å²) in [4.78, 5) is 0. The molecule has 226 valence electrons. The average molecular weight is 612 g/mol. The number of hydrogen-bond donors (Lipinski definition) is 4. The Balaban J connectivity index is 2.09. The van der Waals surface area contributed by atoms with E-state index in [1.165, 1.54) is 0 Å². The fourth-order valence-corrected chi connectivity index (χ4v) is 5.94. The maximum absolute atomic E-state index is 11.1. The molecule has 2 aliphatic rings. The second-order valence-corrected chi connectivity index (χ2v) is 14.3. The van der Waals surface area contributed by atoms with Crippen LogP contribution in [0.25, 0.3) is 0 Å². The Morgan fingerprint density at radius 1 is 0.737 bits per heavy atom. The van der Waals surface area contributed by atoms with Gasteiger partial charge in [0.1, 0.15) is 18.4 Å². The predicted octanol–water partition coefficient (Wildman–Crippen LogP) is 0.500. The van der Waals surface area contributed by atoms with Crippen molar-refractivity contribution in [3.63, 3.8) is 0 Å². The molecule has 0 amide bonds. The molecule has 2 fully saturated rings. The fourth-order valence-electron chi connectivity index (χ4n) is 4.49. The van der Waals surface area contributed by atoms with E-state index >= 15 is 0 Å². The molecular weight excluding hydrogens is 570 g/mol. The molecule has 0 spiro atoms. The van der Waals surface area contributed by atoms with Crippen LogP contribution in [0.4, 0.5) is 0 Å². The largest absolute Gasteiger partial charge is 0.375 e. The second-order valence-electron chi connectivity index (χ2n) is 9.63. The SMILES string of the molecule is CCCCNC1OC1C1CC(OCCCS(=O)(=O)O)C(OCCCS(=O)(=O)O)C(OCCCS(=O)(=O)O)C1. The molecule has 2 rings (SSSR count). The van der Waals surface area contributed by atoms with Gasteiger partial charge in [0.25, 0.3) is 30.4 Å². The van der Waals surface area contributed by atoms with Crippen molar-refractivity contribution in [3.8, 4) is 0 Å². The number of ether oxygens (including phenoxy) is 4. The van der Waals surface area contributed by atoms with E-state index in [2.05, 4.69) is 12.2 Å². The molecule has 0 aromatic carbocycles. The highest BCUT2D eigenvalue weighted by Gasteiger charge is 2.51. The minimum atomic E-state index is -4.17. The van der Waals surface area contributed by atoms with Crippen LogP contribution in [-0.4, -0.2) is 113 Å². The number of unbranched alkanes of at least 4 members (excludes halogenated alkanes) is 1. The minimum absolute atomic E-state index is 0.00122. The Hall–Kier alpha value is -0.470. The predicted molar refractivity (Wildman–Crippen MR) is 137 cm³/mol. The third kappa shape index (κ3) is 14.2. The van der Waals surface area contributed by atoms with Crippen LogP contribution in [0.2, 0.25) is 0 Å². The molecule has 1 saturated carbocycles. The van der Waals surface area contributed by atoms with Crippen LogP contribution in [0.1, 0.15) is 51.9 Å². The summed E-state index contributed by atoms with van der Waals surface area (Å²) in [6.45, 7) is 2.85. The Morgan fingerprint density at radius 2 is 1.18 bits per heavy atom. The average Bonchev–Trinajstić information content (AvgIpc) is 3.55. The van der Waals surface area contributed by atoms with Gasteiger partial charge in [0.15, 0.2) is 0 Å². The summed E-state index contributed by atoms with van der Waals surface area (Å²) in [5.74, 6) is -1.48. The van der Waals surface area contributed by atoms with Gasteiger partial charge in [-0.1, -0.05) is 13.3 Å². The number of hydrogen-bond acceptors (Lipinski definition) is 11. The molecule has 38 heavy (non-hydrogen) atoms. The van der Waals surface area contributed by atoms with Gasteiger partial charge in [-0.25, -0.2) is 0 Å². The molecule has 0 aromatic heterocycles. The Morgan fingerprint density at radius 3 is 1.61 bits per heavy atom. The first-order chi connectivity index (χ1) is 17.7. The van der Waals surface area contributed by atoms with Crippen LogP contribution in [0.15, 0.2) is 0 Å². The summed E-state index contributed by atoms with van der Waals surface area (Å²) in [5, 5.41) is 3.34. The number of nitrogens with one attached hydrogen (secondary N) is 1. The lowest BCUT2D eigenvalue weighted by Crippen LogP contribution is -2.50. The van der Waals surface area contributed by atoms with Crippen LogP contribution >= 0.6 is 0 Å². The third-order valence-electron chi connectivity index (χ3n) is 6.28. The first-order valence-electron chi connectivity index (χ1n) is 12.8. The normalized spacial score (nSPS) is 28.4. The minimum Gasteiger partial charge on any atom is -0.375 e. The molecule has 1 heterocycles. The van der Waals surface area contributed by atoms with Crippen molar-refractivity contribution in [1.82, 2.24) is 5.32 Å². The van der Waals surface area contributed by atoms with Crippen molar-refractivity contribution >= 4 is 30.4 Å². The Labute approximate surface area is 225 Å². The van der Waals surface area contributed by atoms with Gasteiger partial charge in [0.2, 0.25) is 0 Å². The molecule has 1 aliphatic heterocycles. The molecule has 0 aromatic rings. The van der Waals surface area contributed by atoms with E-state index in [0.29, 0.717) is 12.8 Å². The summed E-state index contributed by atoms with van der Waals surface area (Å²) < 4.78 is 117. The zero-order chi connectivity index (χ0) is 28.4. The maximum Gasteiger partial charge on any atom is 0.264 e. The summed E-state index contributed by atoms with van der Waals surface area (Å²) >= 11 is 0. The maximum atomic E-state index is 11.1. The molecule has 4 unspecified atom stereocenters. The highest BCUT2D eigenvalue weighted by atomic mass is 32.2. The van der Waals surface area contributed by atoms with E-state index in [4.69, 9.17) is 32.6 Å². The monoisotopic (exact) mass is 611 g/mol. The van der Waals surface area contributed by atoms with Crippen molar-refractivity contribution in [2.75, 3.05) is 43.6 Å². The van der Waals surface area contributed by atoms with Gasteiger partial charge >= 0.3 is 0 Å². The summed E-state index contributed by atoms with van der Waals surface area (Å²) in [6.07, 6.45) is 0.965. The lowest BCUT2D eigenvalue weighted by atomic mass is 9.80. The lowest BCUT2D eigenvalue weighted by molar-refractivity contribution is -0.170. The van der Waals surface area contributed by atoms with Crippen LogP contribution < -0.4 is 5.32 Å². The second kappa shape index (κ2) is 15.5. The molecular formula is C21H41NO13S3. The molecule has 0 bridgehead atoms. The zero-order valence-corrected chi connectivity index (χ0v) is 24.0. The van der Waals surface area contributed by atoms with Crippen molar-refractivity contribution in [2.45, 2.75) is 82.5 Å². The quantitative estimate of drug-likeness (QED) is 0.0838. The molecule has 1 aliphatic carbocycles. The van der Waals surface area contributed by atoms with E-state index < -0.39 is 65.9 Å². The van der Waals surface area contributed by atoms with Gasteiger partial charge in [-0.05, 0) is 51.0 Å². The topological polar surface area (TPSA) is 215 Å². The number of rotatable bonds is 20. The molecule has 17 heteroatoms. The third-order valence-corrected chi connectivity index (χ3v) is 8.70. The molecule has 14 nitrogen and oxygen atoms in total. The van der Waals surface area contributed by atoms with Crippen molar-refractivity contribution in [1.29, 1.82) is 0 Å². The van der Waals surface area contributed by atoms with Gasteiger partial charge < -0.3 is 18.9 Å². The highest BCUT2D eigenvalue weighted by Crippen LogP contribution is 2.40. The zero-order valence-electron chi connectivity index (χ0n) is 21.5. The van der Waals surface area contributed by atoms with E-state index in [0.717, 1.165) is 19.4 Å². The Bertz CT molecular complexity index is 969. The molecule has 0 radical (unpaired) electrons. The lowest BCUT2D eigenvalue weighted by Gasteiger charge is -2.41. The van der Waals surface area contributed by atoms with E-state index in [9.17, 15) is 25.3 Å². The van der Waals surface area contributed by atoms with Gasteiger partial charge in [-0.15, -0.1) is 0 Å². The van der Waals surface area contributed by atoms with Gasteiger partial charge in [0, 0.05) is 19.8 Å². The molecule has 4 atom stereocenters. The van der Waals surface area contributed by atoms with Crippen LogP contribution in [0.3, 0.4) is 0 Å².